The minimum absolute atomic E-state index is 0.269. The Balaban J connectivity index is 1.99. The lowest BCUT2D eigenvalue weighted by atomic mass is 10.1. The molecule has 1 aromatic carbocycles. The molecule has 0 amide bonds. The molecule has 3 N–H and O–H groups in total. The van der Waals surface area contributed by atoms with E-state index in [1.54, 1.807) is 13.2 Å². The van der Waals surface area contributed by atoms with Crippen molar-refractivity contribution in [3.05, 3.63) is 24.3 Å². The van der Waals surface area contributed by atoms with Crippen LogP contribution in [0.3, 0.4) is 0 Å². The summed E-state index contributed by atoms with van der Waals surface area (Å²) in [6.45, 7) is 0. The molecule has 5 heteroatoms. The summed E-state index contributed by atoms with van der Waals surface area (Å²) in [5.74, 6) is 1.97. The topological polar surface area (TPSA) is 73.2 Å². The summed E-state index contributed by atoms with van der Waals surface area (Å²) < 4.78 is 11.6. The lowest BCUT2D eigenvalue weighted by molar-refractivity contribution is 0.202. The number of para-hydroxylation sites is 1. The number of methoxy groups -OCH3 is 1. The van der Waals surface area contributed by atoms with E-state index in [9.17, 15) is 0 Å². The van der Waals surface area contributed by atoms with Crippen molar-refractivity contribution in [2.75, 3.05) is 12.8 Å². The average Bonchev–Trinajstić information content (AvgIpc) is 3.11. The van der Waals surface area contributed by atoms with Gasteiger partial charge < -0.3 is 15.2 Å². The fourth-order valence-corrected chi connectivity index (χ4v) is 2.66. The predicted molar refractivity (Wildman–Crippen MR) is 77.9 cm³/mol. The molecule has 20 heavy (non-hydrogen) atoms. The zero-order chi connectivity index (χ0) is 13.9. The molecule has 0 spiro atoms. The molecule has 0 radical (unpaired) electrons. The standard InChI is InChI=1S/C15H19N3O2/c1-19-13-8-4-7-11(12-9-14(16)18-17-12)15(13)20-10-5-2-3-6-10/h4,7-10H,2-3,5-6H2,1H3,(H3,16,17,18). The average molecular weight is 273 g/mol. The van der Waals surface area contributed by atoms with Crippen LogP contribution in [0.5, 0.6) is 11.5 Å². The van der Waals surface area contributed by atoms with Gasteiger partial charge in [-0.15, -0.1) is 0 Å². The van der Waals surface area contributed by atoms with Crippen molar-refractivity contribution in [2.24, 2.45) is 0 Å². The van der Waals surface area contributed by atoms with Gasteiger partial charge in [0.1, 0.15) is 5.82 Å². The highest BCUT2D eigenvalue weighted by atomic mass is 16.5. The van der Waals surface area contributed by atoms with Crippen molar-refractivity contribution < 1.29 is 9.47 Å². The Bertz CT molecular complexity index is 589. The Hall–Kier alpha value is -2.17. The van der Waals surface area contributed by atoms with E-state index in [-0.39, 0.29) is 6.10 Å². The SMILES string of the molecule is COc1cccc(-c2cc(N)n[nH]2)c1OC1CCCC1. The van der Waals surface area contributed by atoms with Gasteiger partial charge in [-0.05, 0) is 37.8 Å². The number of nitrogens with one attached hydrogen (secondary N) is 1. The predicted octanol–water partition coefficient (Wildman–Crippen LogP) is 2.99. The number of nitrogens with zero attached hydrogens (tertiary/aromatic N) is 1. The molecule has 106 valence electrons. The van der Waals surface area contributed by atoms with Gasteiger partial charge in [0.25, 0.3) is 0 Å². The highest BCUT2D eigenvalue weighted by Crippen LogP contribution is 2.39. The van der Waals surface area contributed by atoms with Gasteiger partial charge in [0, 0.05) is 11.6 Å². The van der Waals surface area contributed by atoms with Gasteiger partial charge in [0.15, 0.2) is 11.5 Å². The molecular formula is C15H19N3O2. The summed E-state index contributed by atoms with van der Waals surface area (Å²) in [5, 5.41) is 6.91. The Morgan fingerprint density at radius 2 is 2.10 bits per heavy atom. The number of benzene rings is 1. The summed E-state index contributed by atoms with van der Waals surface area (Å²) in [4.78, 5) is 0. The van der Waals surface area contributed by atoms with Crippen molar-refractivity contribution in [1.29, 1.82) is 0 Å². The van der Waals surface area contributed by atoms with Crippen molar-refractivity contribution in [3.8, 4) is 22.8 Å². The lowest BCUT2D eigenvalue weighted by Gasteiger charge is -2.18. The fraction of sp³-hybridized carbons (Fsp3) is 0.400. The molecule has 1 aliphatic rings. The number of aromatic nitrogens is 2. The van der Waals surface area contributed by atoms with Crippen LogP contribution in [-0.4, -0.2) is 23.4 Å². The van der Waals surface area contributed by atoms with Crippen LogP contribution in [0.15, 0.2) is 24.3 Å². The largest absolute Gasteiger partial charge is 0.493 e. The van der Waals surface area contributed by atoms with E-state index in [0.717, 1.165) is 35.6 Å². The van der Waals surface area contributed by atoms with Gasteiger partial charge in [-0.2, -0.15) is 5.10 Å². The van der Waals surface area contributed by atoms with E-state index in [1.165, 1.54) is 12.8 Å². The first-order chi connectivity index (χ1) is 9.78. The van der Waals surface area contributed by atoms with Crippen molar-refractivity contribution in [2.45, 2.75) is 31.8 Å². The van der Waals surface area contributed by atoms with Gasteiger partial charge in [0.05, 0.1) is 18.9 Å². The Morgan fingerprint density at radius 3 is 2.75 bits per heavy atom. The minimum atomic E-state index is 0.269. The monoisotopic (exact) mass is 273 g/mol. The van der Waals surface area contributed by atoms with E-state index in [1.807, 2.05) is 18.2 Å². The molecule has 2 aromatic rings. The van der Waals surface area contributed by atoms with E-state index in [0.29, 0.717) is 5.82 Å². The molecule has 1 saturated carbocycles. The summed E-state index contributed by atoms with van der Waals surface area (Å²) in [7, 11) is 1.65. The number of hydrogen-bond donors (Lipinski definition) is 2. The number of ether oxygens (including phenoxy) is 2. The number of rotatable bonds is 4. The smallest absolute Gasteiger partial charge is 0.170 e. The third-order valence-corrected chi connectivity index (χ3v) is 3.67. The van der Waals surface area contributed by atoms with Gasteiger partial charge >= 0.3 is 0 Å². The van der Waals surface area contributed by atoms with Crippen molar-refractivity contribution >= 4 is 5.82 Å². The molecule has 3 rings (SSSR count). The molecule has 1 fully saturated rings. The maximum Gasteiger partial charge on any atom is 0.170 e. The minimum Gasteiger partial charge on any atom is -0.493 e. The zero-order valence-electron chi connectivity index (χ0n) is 11.6. The van der Waals surface area contributed by atoms with E-state index in [2.05, 4.69) is 10.2 Å². The number of aromatic amines is 1. The van der Waals surface area contributed by atoms with Crippen LogP contribution in [0.25, 0.3) is 11.3 Å². The number of nitrogen functional groups attached to an aromatic ring is 1. The third kappa shape index (κ3) is 2.43. The Morgan fingerprint density at radius 1 is 1.30 bits per heavy atom. The van der Waals surface area contributed by atoms with E-state index in [4.69, 9.17) is 15.2 Å². The van der Waals surface area contributed by atoms with E-state index >= 15 is 0 Å². The zero-order valence-corrected chi connectivity index (χ0v) is 11.6. The number of hydrogen-bond acceptors (Lipinski definition) is 4. The van der Waals surface area contributed by atoms with Gasteiger partial charge in [-0.1, -0.05) is 6.07 Å². The maximum absolute atomic E-state index is 6.18. The van der Waals surface area contributed by atoms with Crippen LogP contribution in [0.4, 0.5) is 5.82 Å². The van der Waals surface area contributed by atoms with Gasteiger partial charge in [0.2, 0.25) is 0 Å². The highest BCUT2D eigenvalue weighted by Gasteiger charge is 2.21. The molecule has 0 aliphatic heterocycles. The number of H-pyrrole nitrogens is 1. The molecular weight excluding hydrogens is 254 g/mol. The molecule has 0 saturated heterocycles. The van der Waals surface area contributed by atoms with Crippen LogP contribution in [0.2, 0.25) is 0 Å². The molecule has 1 aromatic heterocycles. The quantitative estimate of drug-likeness (QED) is 0.898. The van der Waals surface area contributed by atoms with Gasteiger partial charge in [-0.3, -0.25) is 5.10 Å². The van der Waals surface area contributed by atoms with Crippen LogP contribution >= 0.6 is 0 Å². The van der Waals surface area contributed by atoms with E-state index < -0.39 is 0 Å². The molecule has 0 bridgehead atoms. The van der Waals surface area contributed by atoms with Crippen molar-refractivity contribution in [1.82, 2.24) is 10.2 Å². The molecule has 1 heterocycles. The first kappa shape index (κ1) is 12.8. The summed E-state index contributed by atoms with van der Waals surface area (Å²) in [5.41, 5.74) is 7.46. The first-order valence-electron chi connectivity index (χ1n) is 6.93. The second kappa shape index (κ2) is 5.45. The maximum atomic E-state index is 6.18. The molecule has 1 aliphatic carbocycles. The molecule has 5 nitrogen and oxygen atoms in total. The van der Waals surface area contributed by atoms with Crippen LogP contribution in [0, 0.1) is 0 Å². The molecule has 0 atom stereocenters. The Labute approximate surface area is 118 Å². The van der Waals surface area contributed by atoms with Crippen LogP contribution in [0.1, 0.15) is 25.7 Å². The summed E-state index contributed by atoms with van der Waals surface area (Å²) >= 11 is 0. The van der Waals surface area contributed by atoms with Crippen molar-refractivity contribution in [3.63, 3.8) is 0 Å². The number of anilines is 1. The third-order valence-electron chi connectivity index (χ3n) is 3.67. The normalized spacial score (nSPS) is 15.4. The number of nitrogens with two attached hydrogens (primary N) is 1. The Kier molecular flexibility index (Phi) is 3.50. The molecule has 0 unspecified atom stereocenters. The summed E-state index contributed by atoms with van der Waals surface area (Å²) in [6, 6.07) is 7.64. The van der Waals surface area contributed by atoms with Gasteiger partial charge in [-0.25, -0.2) is 0 Å². The van der Waals surface area contributed by atoms with Crippen LogP contribution in [-0.2, 0) is 0 Å². The highest BCUT2D eigenvalue weighted by molar-refractivity contribution is 5.72. The second-order valence-corrected chi connectivity index (χ2v) is 5.07. The first-order valence-corrected chi connectivity index (χ1v) is 6.93. The lowest BCUT2D eigenvalue weighted by Crippen LogP contribution is -2.12. The van der Waals surface area contributed by atoms with Crippen LogP contribution < -0.4 is 15.2 Å². The summed E-state index contributed by atoms with van der Waals surface area (Å²) in [6.07, 6.45) is 4.93. The second-order valence-electron chi connectivity index (χ2n) is 5.07. The fourth-order valence-electron chi connectivity index (χ4n) is 2.66.